The van der Waals surface area contributed by atoms with E-state index in [1.54, 1.807) is 0 Å². The molecule has 2 aromatic rings. The molecule has 1 fully saturated rings. The van der Waals surface area contributed by atoms with Crippen molar-refractivity contribution in [2.45, 2.75) is 51.1 Å². The van der Waals surface area contributed by atoms with Gasteiger partial charge in [0.05, 0.1) is 19.3 Å². The van der Waals surface area contributed by atoms with Crippen LogP contribution >= 0.6 is 11.6 Å². The third kappa shape index (κ3) is 6.65. The van der Waals surface area contributed by atoms with Gasteiger partial charge in [-0.15, -0.1) is 0 Å². The number of aliphatic carboxylic acids is 1. The van der Waals surface area contributed by atoms with Crippen molar-refractivity contribution in [3.63, 3.8) is 0 Å². The Morgan fingerprint density at radius 1 is 1.06 bits per heavy atom. The van der Waals surface area contributed by atoms with Gasteiger partial charge >= 0.3 is 5.97 Å². The summed E-state index contributed by atoms with van der Waals surface area (Å²) in [7, 11) is 0. The van der Waals surface area contributed by atoms with Gasteiger partial charge in [0.25, 0.3) is 0 Å². The lowest BCUT2D eigenvalue weighted by Crippen LogP contribution is -2.31. The summed E-state index contributed by atoms with van der Waals surface area (Å²) in [6.45, 7) is 0.448. The van der Waals surface area contributed by atoms with Gasteiger partial charge in [0.1, 0.15) is 0 Å². The normalized spacial score (nSPS) is 21.4. The average Bonchev–Trinajstić information content (AvgIpc) is 2.78. The number of ether oxygens (including phenoxy) is 2. The average molecular weight is 445 g/mol. The fraction of sp³-hybridized carbons (Fsp3) is 0.400. The molecular weight excluding hydrogens is 416 g/mol. The number of carboxylic acids is 1. The van der Waals surface area contributed by atoms with Gasteiger partial charge in [0, 0.05) is 22.9 Å². The number of carboxylic acid groups (broad SMARTS) is 1. The Morgan fingerprint density at radius 2 is 1.81 bits per heavy atom. The number of halogens is 1. The number of carbonyl (C=O) groups is 1. The van der Waals surface area contributed by atoms with E-state index in [2.05, 4.69) is 12.2 Å². The first-order chi connectivity index (χ1) is 15.1. The zero-order valence-corrected chi connectivity index (χ0v) is 18.2. The Labute approximate surface area is 188 Å². The number of benzene rings is 2. The van der Waals surface area contributed by atoms with Crippen molar-refractivity contribution in [3.05, 3.63) is 82.4 Å². The molecule has 0 radical (unpaired) electrons. The number of hydrogen-bond donors (Lipinski definition) is 2. The highest BCUT2D eigenvalue weighted by Crippen LogP contribution is 2.42. The van der Waals surface area contributed by atoms with E-state index in [9.17, 15) is 9.90 Å². The van der Waals surface area contributed by atoms with Crippen molar-refractivity contribution >= 4 is 17.6 Å². The van der Waals surface area contributed by atoms with Crippen molar-refractivity contribution in [1.29, 1.82) is 0 Å². The summed E-state index contributed by atoms with van der Waals surface area (Å²) in [5.74, 6) is -0.666. The molecule has 2 aromatic carbocycles. The van der Waals surface area contributed by atoms with E-state index in [1.807, 2.05) is 48.5 Å². The molecule has 0 aromatic heterocycles. The Morgan fingerprint density at radius 3 is 2.55 bits per heavy atom. The quantitative estimate of drug-likeness (QED) is 0.356. The molecule has 1 aliphatic heterocycles. The van der Waals surface area contributed by atoms with Gasteiger partial charge in [-0.05, 0) is 42.9 Å². The Bertz CT molecular complexity index is 882. The molecule has 0 bridgehead atoms. The maximum Gasteiger partial charge on any atom is 0.303 e. The van der Waals surface area contributed by atoms with E-state index < -0.39 is 12.3 Å². The maximum absolute atomic E-state index is 10.6. The largest absolute Gasteiger partial charge is 0.481 e. The fourth-order valence-corrected chi connectivity index (χ4v) is 4.04. The van der Waals surface area contributed by atoms with Gasteiger partial charge in [0.2, 0.25) is 0 Å². The zero-order valence-electron chi connectivity index (χ0n) is 17.5. The van der Waals surface area contributed by atoms with Crippen molar-refractivity contribution in [1.82, 2.24) is 0 Å². The van der Waals surface area contributed by atoms with E-state index in [0.717, 1.165) is 36.0 Å². The lowest BCUT2D eigenvalue weighted by Gasteiger charge is -2.37. The molecule has 1 heterocycles. The van der Waals surface area contributed by atoms with Crippen LogP contribution in [-0.4, -0.2) is 22.8 Å². The Balaban J connectivity index is 1.71. The van der Waals surface area contributed by atoms with Crippen molar-refractivity contribution in [2.75, 3.05) is 6.61 Å². The van der Waals surface area contributed by atoms with E-state index in [4.69, 9.17) is 26.2 Å². The molecule has 0 aliphatic carbocycles. The number of unbranched alkanes of at least 4 members (excludes halogenated alkanes) is 2. The second-order valence-corrected chi connectivity index (χ2v) is 8.11. The van der Waals surface area contributed by atoms with Crippen molar-refractivity contribution < 1.29 is 24.5 Å². The molecule has 3 atom stereocenters. The summed E-state index contributed by atoms with van der Waals surface area (Å²) in [4.78, 5) is 10.6. The predicted molar refractivity (Wildman–Crippen MR) is 120 cm³/mol. The number of aliphatic hydroxyl groups is 1. The molecule has 6 heteroatoms. The molecule has 166 valence electrons. The number of allylic oxidation sites excluding steroid dienone is 2. The van der Waals surface area contributed by atoms with Crippen LogP contribution < -0.4 is 0 Å². The lowest BCUT2D eigenvalue weighted by atomic mass is 9.89. The minimum absolute atomic E-state index is 0.0558. The van der Waals surface area contributed by atoms with Gasteiger partial charge in [-0.25, -0.2) is 0 Å². The molecule has 2 N–H and O–H groups in total. The minimum atomic E-state index is -0.751. The molecule has 1 aliphatic rings. The molecule has 1 saturated heterocycles. The molecule has 3 rings (SSSR count). The summed E-state index contributed by atoms with van der Waals surface area (Å²) < 4.78 is 12.4. The summed E-state index contributed by atoms with van der Waals surface area (Å²) in [5.41, 5.74) is 2.60. The predicted octanol–water partition coefficient (Wildman–Crippen LogP) is 5.83. The van der Waals surface area contributed by atoms with E-state index >= 15 is 0 Å². The van der Waals surface area contributed by atoms with Gasteiger partial charge in [0.15, 0.2) is 6.29 Å². The van der Waals surface area contributed by atoms with E-state index in [1.165, 1.54) is 0 Å². The highest BCUT2D eigenvalue weighted by atomic mass is 35.5. The first kappa shape index (κ1) is 23.5. The van der Waals surface area contributed by atoms with Crippen LogP contribution in [-0.2, 0) is 20.9 Å². The molecule has 5 nitrogen and oxygen atoms in total. The van der Waals surface area contributed by atoms with Crippen molar-refractivity contribution in [2.24, 2.45) is 5.92 Å². The fourth-order valence-electron chi connectivity index (χ4n) is 3.81. The summed E-state index contributed by atoms with van der Waals surface area (Å²) in [6.07, 6.45) is 6.76. The highest BCUT2D eigenvalue weighted by Gasteiger charge is 2.34. The maximum atomic E-state index is 10.6. The third-order valence-corrected chi connectivity index (χ3v) is 5.81. The first-order valence-corrected chi connectivity index (χ1v) is 11.0. The van der Waals surface area contributed by atoms with Gasteiger partial charge in [-0.3, -0.25) is 4.79 Å². The standard InChI is InChI=1S/C25H29ClO5/c26-22-14-9-8-13-21(22)25-30-17-19(11-4-2-1-3-5-15-23(28)29)24(31-25)20-12-7-6-10-18(20)16-27/h2,4,6-10,12-14,19,24-25,27H,1,3,5,11,15-17H2,(H,28,29)/t19-,24+,25+/m1/s1. The zero-order chi connectivity index (χ0) is 22.1. The highest BCUT2D eigenvalue weighted by molar-refractivity contribution is 6.31. The molecule has 0 amide bonds. The smallest absolute Gasteiger partial charge is 0.303 e. The molecule has 0 unspecified atom stereocenters. The number of hydrogen-bond acceptors (Lipinski definition) is 4. The van der Waals surface area contributed by atoms with Crippen LogP contribution in [0.5, 0.6) is 0 Å². The molecule has 0 saturated carbocycles. The second kappa shape index (κ2) is 12.0. The Kier molecular flexibility index (Phi) is 9.10. The lowest BCUT2D eigenvalue weighted by molar-refractivity contribution is -0.244. The van der Waals surface area contributed by atoms with Gasteiger partial charge in [-0.2, -0.15) is 0 Å². The van der Waals surface area contributed by atoms with Crippen LogP contribution in [0, 0.1) is 5.92 Å². The molecular formula is C25H29ClO5. The van der Waals surface area contributed by atoms with E-state index in [0.29, 0.717) is 18.1 Å². The first-order valence-electron chi connectivity index (χ1n) is 10.7. The summed E-state index contributed by atoms with van der Waals surface area (Å²) in [6, 6.07) is 15.3. The monoisotopic (exact) mass is 444 g/mol. The second-order valence-electron chi connectivity index (χ2n) is 7.71. The summed E-state index contributed by atoms with van der Waals surface area (Å²) in [5, 5.41) is 19.1. The Hall–Kier alpha value is -2.18. The third-order valence-electron chi connectivity index (χ3n) is 5.47. The topological polar surface area (TPSA) is 76.0 Å². The molecule has 31 heavy (non-hydrogen) atoms. The molecule has 0 spiro atoms. The van der Waals surface area contributed by atoms with Crippen LogP contribution in [0.15, 0.2) is 60.7 Å². The van der Waals surface area contributed by atoms with E-state index in [-0.39, 0.29) is 25.0 Å². The summed E-state index contributed by atoms with van der Waals surface area (Å²) >= 11 is 6.36. The number of aliphatic hydroxyl groups excluding tert-OH is 1. The van der Waals surface area contributed by atoms with Crippen LogP contribution in [0.2, 0.25) is 5.02 Å². The van der Waals surface area contributed by atoms with Crippen LogP contribution in [0.3, 0.4) is 0 Å². The van der Waals surface area contributed by atoms with Crippen LogP contribution in [0.4, 0.5) is 0 Å². The van der Waals surface area contributed by atoms with Gasteiger partial charge < -0.3 is 19.7 Å². The van der Waals surface area contributed by atoms with Crippen LogP contribution in [0.1, 0.15) is 61.2 Å². The van der Waals surface area contributed by atoms with Gasteiger partial charge in [-0.1, -0.05) is 66.2 Å². The van der Waals surface area contributed by atoms with Crippen LogP contribution in [0.25, 0.3) is 0 Å². The minimum Gasteiger partial charge on any atom is -0.481 e. The SMILES string of the molecule is O=C(O)CCCCC=CC[C@@H]1CO[C@H](c2ccccc2Cl)O[C@@H]1c1ccccc1CO. The number of rotatable bonds is 10. The van der Waals surface area contributed by atoms with Crippen molar-refractivity contribution in [3.8, 4) is 0 Å².